The van der Waals surface area contributed by atoms with Gasteiger partial charge in [0.1, 0.15) is 15.7 Å². The van der Waals surface area contributed by atoms with Crippen LogP contribution >= 0.6 is 23.4 Å². The van der Waals surface area contributed by atoms with E-state index in [0.29, 0.717) is 23.1 Å². The van der Waals surface area contributed by atoms with E-state index in [0.717, 1.165) is 11.8 Å². The zero-order chi connectivity index (χ0) is 13.6. The van der Waals surface area contributed by atoms with E-state index in [1.54, 1.807) is 6.92 Å². The van der Waals surface area contributed by atoms with Gasteiger partial charge in [0.25, 0.3) is 0 Å². The lowest BCUT2D eigenvalue weighted by Gasteiger charge is -2.04. The summed E-state index contributed by atoms with van der Waals surface area (Å²) < 4.78 is 24.0. The minimum absolute atomic E-state index is 0.0330. The maximum atomic E-state index is 12.0. The van der Waals surface area contributed by atoms with Crippen molar-refractivity contribution < 1.29 is 8.42 Å². The van der Waals surface area contributed by atoms with Crippen LogP contribution in [0.25, 0.3) is 0 Å². The van der Waals surface area contributed by atoms with Gasteiger partial charge in [0.2, 0.25) is 10.4 Å². The van der Waals surface area contributed by atoms with Gasteiger partial charge in [-0.3, -0.25) is 5.10 Å². The Morgan fingerprint density at radius 2 is 2.11 bits per heavy atom. The number of H-pyrrole nitrogens is 1. The molecule has 19 heavy (non-hydrogen) atoms. The minimum atomic E-state index is -3.34. The average Bonchev–Trinajstić information content (AvgIpc) is 2.83. The molecule has 0 fully saturated rings. The SMILES string of the molecule is Cc1nc(Sc2nc(Cl)nc3c2S(=O)(=O)CC3)n[nH]1. The van der Waals surface area contributed by atoms with Gasteiger partial charge in [0.15, 0.2) is 9.84 Å². The van der Waals surface area contributed by atoms with Crippen molar-refractivity contribution >= 4 is 33.2 Å². The second-order valence-corrected chi connectivity index (χ2v) is 7.29. The molecule has 3 heterocycles. The molecule has 0 radical (unpaired) electrons. The molecule has 0 amide bonds. The van der Waals surface area contributed by atoms with Gasteiger partial charge in [-0.1, -0.05) is 0 Å². The molecule has 1 aliphatic heterocycles. The molecular formula is C9H8ClN5O2S2. The second-order valence-electron chi connectivity index (χ2n) is 3.95. The van der Waals surface area contributed by atoms with Crippen LogP contribution in [0.4, 0.5) is 0 Å². The molecule has 0 aliphatic carbocycles. The molecule has 10 heteroatoms. The highest BCUT2D eigenvalue weighted by Crippen LogP contribution is 2.35. The minimum Gasteiger partial charge on any atom is -0.262 e. The van der Waals surface area contributed by atoms with Crippen LogP contribution in [-0.4, -0.2) is 39.3 Å². The molecule has 0 aromatic carbocycles. The highest BCUT2D eigenvalue weighted by atomic mass is 35.5. The van der Waals surface area contributed by atoms with Gasteiger partial charge in [-0.05, 0) is 30.3 Å². The summed E-state index contributed by atoms with van der Waals surface area (Å²) in [6.45, 7) is 1.76. The predicted molar refractivity (Wildman–Crippen MR) is 68.0 cm³/mol. The Bertz CT molecular complexity index is 758. The van der Waals surface area contributed by atoms with Gasteiger partial charge in [-0.15, -0.1) is 5.10 Å². The zero-order valence-corrected chi connectivity index (χ0v) is 12.1. The molecule has 0 saturated carbocycles. The number of fused-ring (bicyclic) bond motifs is 1. The first-order valence-electron chi connectivity index (χ1n) is 5.32. The van der Waals surface area contributed by atoms with Crippen LogP contribution < -0.4 is 0 Å². The molecular weight excluding hydrogens is 310 g/mol. The summed E-state index contributed by atoms with van der Waals surface area (Å²) in [4.78, 5) is 12.2. The topological polar surface area (TPSA) is 101 Å². The Balaban J connectivity index is 2.11. The van der Waals surface area contributed by atoms with Crippen LogP contribution in [0.3, 0.4) is 0 Å². The number of nitrogens with one attached hydrogen (secondary N) is 1. The Hall–Kier alpha value is -1.19. The van der Waals surface area contributed by atoms with Crippen molar-refractivity contribution in [3.05, 3.63) is 16.8 Å². The van der Waals surface area contributed by atoms with Gasteiger partial charge < -0.3 is 0 Å². The molecule has 0 unspecified atom stereocenters. The first kappa shape index (κ1) is 12.8. The first-order valence-corrected chi connectivity index (χ1v) is 8.16. The van der Waals surface area contributed by atoms with Crippen molar-refractivity contribution in [3.8, 4) is 0 Å². The fraction of sp³-hybridized carbons (Fsp3) is 0.333. The molecule has 2 aromatic rings. The summed E-state index contributed by atoms with van der Waals surface area (Å²) in [5.41, 5.74) is 0.467. The first-order chi connectivity index (χ1) is 8.95. The summed E-state index contributed by atoms with van der Waals surface area (Å²) in [7, 11) is -3.34. The molecule has 0 spiro atoms. The van der Waals surface area contributed by atoms with E-state index in [4.69, 9.17) is 11.6 Å². The van der Waals surface area contributed by atoms with Crippen LogP contribution in [0, 0.1) is 6.92 Å². The normalized spacial score (nSPS) is 16.5. The summed E-state index contributed by atoms with van der Waals surface area (Å²) >= 11 is 6.88. The molecule has 0 bridgehead atoms. The van der Waals surface area contributed by atoms with Gasteiger partial charge >= 0.3 is 0 Å². The number of hydrogen-bond acceptors (Lipinski definition) is 7. The summed E-state index contributed by atoms with van der Waals surface area (Å²) in [5.74, 6) is 0.681. The number of halogens is 1. The fourth-order valence-electron chi connectivity index (χ4n) is 1.78. The van der Waals surface area contributed by atoms with Crippen molar-refractivity contribution in [2.75, 3.05) is 5.75 Å². The van der Waals surface area contributed by atoms with Crippen LogP contribution in [0.5, 0.6) is 0 Å². The third-order valence-electron chi connectivity index (χ3n) is 2.56. The van der Waals surface area contributed by atoms with Crippen LogP contribution in [-0.2, 0) is 16.3 Å². The van der Waals surface area contributed by atoms with Crippen molar-refractivity contribution in [1.29, 1.82) is 0 Å². The van der Waals surface area contributed by atoms with Crippen LogP contribution in [0.15, 0.2) is 15.1 Å². The number of aromatic nitrogens is 5. The van der Waals surface area contributed by atoms with Gasteiger partial charge in [0.05, 0.1) is 11.4 Å². The largest absolute Gasteiger partial charge is 0.262 e. The molecule has 0 atom stereocenters. The number of sulfone groups is 1. The predicted octanol–water partition coefficient (Wildman–Crippen LogP) is 1.04. The lowest BCUT2D eigenvalue weighted by atomic mass is 10.3. The van der Waals surface area contributed by atoms with Gasteiger partial charge in [-0.2, -0.15) is 0 Å². The fourth-order valence-corrected chi connectivity index (χ4v) is 4.80. The molecule has 100 valence electrons. The number of aromatic amines is 1. The van der Waals surface area contributed by atoms with E-state index in [2.05, 4.69) is 25.1 Å². The van der Waals surface area contributed by atoms with Crippen molar-refractivity contribution in [2.24, 2.45) is 0 Å². The van der Waals surface area contributed by atoms with E-state index in [9.17, 15) is 8.42 Å². The summed E-state index contributed by atoms with van der Waals surface area (Å²) in [6, 6.07) is 0. The van der Waals surface area contributed by atoms with E-state index >= 15 is 0 Å². The molecule has 7 nitrogen and oxygen atoms in total. The molecule has 1 N–H and O–H groups in total. The summed E-state index contributed by atoms with van der Waals surface area (Å²) in [5, 5.41) is 7.34. The van der Waals surface area contributed by atoms with Crippen LogP contribution in [0.1, 0.15) is 11.5 Å². The van der Waals surface area contributed by atoms with Gasteiger partial charge in [0, 0.05) is 6.42 Å². The smallest absolute Gasteiger partial charge is 0.223 e. The standard InChI is InChI=1S/C9H8ClN5O2S2/c1-4-11-9(15-14-4)18-7-6-5(12-8(10)13-7)2-3-19(6,16)17/h2-3H2,1H3,(H,11,14,15). The average molecular weight is 318 g/mol. The Labute approximate surface area is 118 Å². The van der Waals surface area contributed by atoms with Crippen molar-refractivity contribution in [2.45, 2.75) is 28.4 Å². The zero-order valence-electron chi connectivity index (χ0n) is 9.71. The highest BCUT2D eigenvalue weighted by Gasteiger charge is 2.33. The third kappa shape index (κ3) is 2.33. The molecule has 2 aromatic heterocycles. The lowest BCUT2D eigenvalue weighted by molar-refractivity contribution is 0.597. The lowest BCUT2D eigenvalue weighted by Crippen LogP contribution is -2.03. The van der Waals surface area contributed by atoms with E-state index in [1.165, 1.54) is 0 Å². The Morgan fingerprint density at radius 1 is 1.32 bits per heavy atom. The van der Waals surface area contributed by atoms with Crippen LogP contribution in [0.2, 0.25) is 5.28 Å². The number of rotatable bonds is 2. The number of hydrogen-bond donors (Lipinski definition) is 1. The molecule has 0 saturated heterocycles. The second kappa shape index (κ2) is 4.43. The Kier molecular flexibility index (Phi) is 2.99. The number of nitrogens with zero attached hydrogens (tertiary/aromatic N) is 4. The quantitative estimate of drug-likeness (QED) is 0.652. The maximum absolute atomic E-state index is 12.0. The summed E-state index contributed by atoms with van der Waals surface area (Å²) in [6.07, 6.45) is 0.362. The monoisotopic (exact) mass is 317 g/mol. The highest BCUT2D eigenvalue weighted by molar-refractivity contribution is 8.00. The maximum Gasteiger partial charge on any atom is 0.223 e. The van der Waals surface area contributed by atoms with E-state index in [1.807, 2.05) is 0 Å². The number of aryl methyl sites for hydroxylation is 2. The molecule has 1 aliphatic rings. The van der Waals surface area contributed by atoms with Gasteiger partial charge in [-0.25, -0.2) is 23.4 Å². The Morgan fingerprint density at radius 3 is 2.79 bits per heavy atom. The molecule has 3 rings (SSSR count). The van der Waals surface area contributed by atoms with Crippen molar-refractivity contribution in [1.82, 2.24) is 25.1 Å². The van der Waals surface area contributed by atoms with Crippen molar-refractivity contribution in [3.63, 3.8) is 0 Å². The van der Waals surface area contributed by atoms with E-state index < -0.39 is 9.84 Å². The van der Waals surface area contributed by atoms with E-state index in [-0.39, 0.29) is 21.0 Å². The third-order valence-corrected chi connectivity index (χ3v) is 5.51.